The summed E-state index contributed by atoms with van der Waals surface area (Å²) >= 11 is 7.26. The van der Waals surface area contributed by atoms with E-state index in [1.165, 1.54) is 36.8 Å². The van der Waals surface area contributed by atoms with Crippen molar-refractivity contribution < 1.29 is 9.47 Å². The Bertz CT molecular complexity index is 1530. The molecule has 4 heteroatoms. The van der Waals surface area contributed by atoms with E-state index >= 15 is 0 Å². The van der Waals surface area contributed by atoms with Crippen molar-refractivity contribution in [3.05, 3.63) is 127 Å². The molecule has 0 N–H and O–H groups in total. The smallest absolute Gasteiger partial charge is 0.136 e. The van der Waals surface area contributed by atoms with Crippen molar-refractivity contribution >= 4 is 31.9 Å². The fourth-order valence-corrected chi connectivity index (χ4v) is 5.96. The van der Waals surface area contributed by atoms with Gasteiger partial charge in [-0.3, -0.25) is 0 Å². The summed E-state index contributed by atoms with van der Waals surface area (Å²) in [5, 5.41) is 0. The van der Waals surface area contributed by atoms with Crippen LogP contribution in [-0.4, -0.2) is 13.2 Å². The van der Waals surface area contributed by atoms with E-state index in [0.29, 0.717) is 13.2 Å². The van der Waals surface area contributed by atoms with Crippen LogP contribution in [0.3, 0.4) is 0 Å². The average Bonchev–Trinajstić information content (AvgIpc) is 3.04. The van der Waals surface area contributed by atoms with Gasteiger partial charge in [0.25, 0.3) is 0 Å². The molecule has 4 aromatic carbocycles. The summed E-state index contributed by atoms with van der Waals surface area (Å²) in [5.74, 6) is 14.9. The van der Waals surface area contributed by atoms with Crippen molar-refractivity contribution in [3.8, 4) is 35.2 Å². The van der Waals surface area contributed by atoms with Gasteiger partial charge in [-0.1, -0.05) is 97.9 Å². The zero-order chi connectivity index (χ0) is 30.4. The van der Waals surface area contributed by atoms with Gasteiger partial charge in [0.1, 0.15) is 11.5 Å². The second-order valence-corrected chi connectivity index (χ2v) is 12.9. The lowest BCUT2D eigenvalue weighted by molar-refractivity contribution is 0.295. The van der Waals surface area contributed by atoms with Gasteiger partial charge < -0.3 is 9.47 Å². The Morgan fingerprint density at radius 2 is 0.818 bits per heavy atom. The molecule has 0 aliphatic carbocycles. The number of rotatable bonds is 0. The van der Waals surface area contributed by atoms with Crippen LogP contribution in [0.25, 0.3) is 0 Å². The van der Waals surface area contributed by atoms with Crippen LogP contribution in [0.4, 0.5) is 0 Å². The SMILES string of the molecule is Brc1ccccc1C#Cc1cc2c(C#Cc3ccccc3Br)cc1OCCCCCCc1ccc(cc1)CCCCCCO2. The van der Waals surface area contributed by atoms with Gasteiger partial charge in [-0.2, -0.15) is 0 Å². The van der Waals surface area contributed by atoms with Crippen molar-refractivity contribution in [3.63, 3.8) is 0 Å². The van der Waals surface area contributed by atoms with E-state index in [4.69, 9.17) is 9.47 Å². The molecule has 0 unspecified atom stereocenters. The van der Waals surface area contributed by atoms with E-state index in [2.05, 4.69) is 79.8 Å². The third-order valence-electron chi connectivity index (χ3n) is 7.75. The molecule has 0 atom stereocenters. The maximum atomic E-state index is 6.41. The normalized spacial score (nSPS) is 14.4. The Hall–Kier alpha value is -3.44. The topological polar surface area (TPSA) is 18.5 Å². The van der Waals surface area contributed by atoms with Crippen molar-refractivity contribution in [1.29, 1.82) is 0 Å². The highest BCUT2D eigenvalue weighted by molar-refractivity contribution is 9.10. The third-order valence-corrected chi connectivity index (χ3v) is 9.13. The quantitative estimate of drug-likeness (QED) is 0.169. The van der Waals surface area contributed by atoms with Crippen molar-refractivity contribution in [2.45, 2.75) is 64.2 Å². The number of hydrogen-bond donors (Lipinski definition) is 0. The fraction of sp³-hybridized carbons (Fsp3) is 0.300. The summed E-state index contributed by atoms with van der Waals surface area (Å²) < 4.78 is 14.8. The zero-order valence-electron chi connectivity index (χ0n) is 25.1. The highest BCUT2D eigenvalue weighted by Crippen LogP contribution is 2.30. The summed E-state index contributed by atoms with van der Waals surface area (Å²) in [5.41, 5.74) is 6.37. The molecule has 4 aliphatic rings. The lowest BCUT2D eigenvalue weighted by atomic mass is 10.0. The van der Waals surface area contributed by atoms with Crippen LogP contribution >= 0.6 is 31.9 Å². The first-order chi connectivity index (χ1) is 21.7. The molecule has 8 rings (SSSR count). The summed E-state index contributed by atoms with van der Waals surface area (Å²) in [7, 11) is 0. The van der Waals surface area contributed by atoms with Crippen LogP contribution in [-0.2, 0) is 12.8 Å². The van der Waals surface area contributed by atoms with Gasteiger partial charge in [0.15, 0.2) is 0 Å². The van der Waals surface area contributed by atoms with Gasteiger partial charge in [-0.25, -0.2) is 0 Å². The van der Waals surface area contributed by atoms with Gasteiger partial charge >= 0.3 is 0 Å². The first kappa shape index (κ1) is 32.0. The third kappa shape index (κ3) is 9.79. The highest BCUT2D eigenvalue weighted by atomic mass is 79.9. The lowest BCUT2D eigenvalue weighted by Gasteiger charge is -2.14. The summed E-state index contributed by atoms with van der Waals surface area (Å²) in [4.78, 5) is 0. The minimum Gasteiger partial charge on any atom is -0.492 e. The van der Waals surface area contributed by atoms with Crippen LogP contribution in [0, 0.1) is 23.7 Å². The molecular weight excluding hydrogens is 672 g/mol. The Kier molecular flexibility index (Phi) is 12.5. The standard InChI is InChI=1S/C40H38Br2O2/c41-37-17-9-7-15-33(37)23-25-35-30-40-36(26-24-34-16-8-10-18-38(34)42)29-39(35)43-27-11-3-1-5-13-31-19-21-32(22-20-31)14-6-2-4-12-28-44-40/h7-10,15-22,29-30H,1-6,11-14,27-28H2. The summed E-state index contributed by atoms with van der Waals surface area (Å²) in [6, 6.07) is 29.3. The largest absolute Gasteiger partial charge is 0.492 e. The molecule has 4 aromatic rings. The number of halogens is 2. The molecular formula is C40H38Br2O2. The Labute approximate surface area is 279 Å². The van der Waals surface area contributed by atoms with Crippen molar-refractivity contribution in [2.24, 2.45) is 0 Å². The molecule has 4 aliphatic heterocycles. The number of hydrogen-bond acceptors (Lipinski definition) is 2. The van der Waals surface area contributed by atoms with E-state index < -0.39 is 0 Å². The van der Waals surface area contributed by atoms with Gasteiger partial charge in [0.05, 0.1) is 24.3 Å². The maximum absolute atomic E-state index is 6.41. The van der Waals surface area contributed by atoms with Crippen LogP contribution in [0.5, 0.6) is 11.5 Å². The zero-order valence-corrected chi connectivity index (χ0v) is 28.3. The Morgan fingerprint density at radius 1 is 0.432 bits per heavy atom. The number of aryl methyl sites for hydroxylation is 2. The molecule has 0 spiro atoms. The van der Waals surface area contributed by atoms with E-state index in [1.54, 1.807) is 0 Å². The molecule has 4 bridgehead atoms. The minimum absolute atomic E-state index is 0.635. The summed E-state index contributed by atoms with van der Waals surface area (Å²) in [6.45, 7) is 1.27. The number of ether oxygens (including phenoxy) is 2. The molecule has 0 fully saturated rings. The molecule has 0 radical (unpaired) electrons. The van der Waals surface area contributed by atoms with Crippen LogP contribution in [0.15, 0.2) is 93.9 Å². The first-order valence-electron chi connectivity index (χ1n) is 15.7. The molecule has 0 amide bonds. The highest BCUT2D eigenvalue weighted by Gasteiger charge is 2.12. The van der Waals surface area contributed by atoms with E-state index in [1.807, 2.05) is 60.7 Å². The second-order valence-electron chi connectivity index (χ2n) is 11.1. The van der Waals surface area contributed by atoms with Gasteiger partial charge in [-0.05, 0) is 106 Å². The van der Waals surface area contributed by atoms with Crippen molar-refractivity contribution in [1.82, 2.24) is 0 Å². The minimum atomic E-state index is 0.635. The number of benzene rings is 4. The van der Waals surface area contributed by atoms with Crippen LogP contribution < -0.4 is 9.47 Å². The van der Waals surface area contributed by atoms with Gasteiger partial charge in [-0.15, -0.1) is 0 Å². The Balaban J connectivity index is 1.43. The maximum Gasteiger partial charge on any atom is 0.136 e. The Morgan fingerprint density at radius 3 is 1.25 bits per heavy atom. The molecule has 224 valence electrons. The predicted molar refractivity (Wildman–Crippen MR) is 188 cm³/mol. The molecule has 0 saturated heterocycles. The van der Waals surface area contributed by atoms with E-state index in [9.17, 15) is 0 Å². The molecule has 0 saturated carbocycles. The molecule has 44 heavy (non-hydrogen) atoms. The van der Waals surface area contributed by atoms with Gasteiger partial charge in [0.2, 0.25) is 0 Å². The molecule has 0 aromatic heterocycles. The second kappa shape index (κ2) is 17.2. The molecule has 4 heterocycles. The van der Waals surface area contributed by atoms with Crippen molar-refractivity contribution in [2.75, 3.05) is 13.2 Å². The molecule has 2 nitrogen and oxygen atoms in total. The average molecular weight is 711 g/mol. The monoisotopic (exact) mass is 708 g/mol. The first-order valence-corrected chi connectivity index (χ1v) is 17.3. The predicted octanol–water partition coefficient (Wildman–Crippen LogP) is 10.7. The van der Waals surface area contributed by atoms with E-state index in [-0.39, 0.29) is 0 Å². The summed E-state index contributed by atoms with van der Waals surface area (Å²) in [6.07, 6.45) is 11.3. The van der Waals surface area contributed by atoms with Crippen LogP contribution in [0.2, 0.25) is 0 Å². The van der Waals surface area contributed by atoms with Crippen LogP contribution in [0.1, 0.15) is 84.7 Å². The van der Waals surface area contributed by atoms with Gasteiger partial charge in [0, 0.05) is 32.2 Å². The fourth-order valence-electron chi connectivity index (χ4n) is 5.19. The van der Waals surface area contributed by atoms with E-state index in [0.717, 1.165) is 81.2 Å². The lowest BCUT2D eigenvalue weighted by Crippen LogP contribution is -2.04.